The molecule has 2 aromatic rings. The highest BCUT2D eigenvalue weighted by molar-refractivity contribution is 6.42. The van der Waals surface area contributed by atoms with Crippen molar-refractivity contribution in [1.29, 1.82) is 0 Å². The minimum atomic E-state index is -0.629. The van der Waals surface area contributed by atoms with Gasteiger partial charge in [0, 0.05) is 17.6 Å². The zero-order valence-corrected chi connectivity index (χ0v) is 22.8. The zero-order valence-electron chi connectivity index (χ0n) is 20.5. The molecule has 1 aliphatic carbocycles. The lowest BCUT2D eigenvalue weighted by Gasteiger charge is -2.32. The third-order valence-corrected chi connectivity index (χ3v) is 7.78. The van der Waals surface area contributed by atoms with Gasteiger partial charge in [0.05, 0.1) is 10.0 Å². The maximum Gasteiger partial charge on any atom is 0.261 e. The Morgan fingerprint density at radius 3 is 2.29 bits per heavy atom. The molecule has 1 aliphatic rings. The molecule has 0 aromatic heterocycles. The Bertz CT molecular complexity index is 1030. The van der Waals surface area contributed by atoms with Crippen molar-refractivity contribution in [2.24, 2.45) is 0 Å². The number of hydrogen-bond donors (Lipinski definition) is 1. The van der Waals surface area contributed by atoms with E-state index in [4.69, 9.17) is 39.5 Å². The predicted molar refractivity (Wildman–Crippen MR) is 143 cm³/mol. The van der Waals surface area contributed by atoms with Gasteiger partial charge in [-0.15, -0.1) is 0 Å². The van der Waals surface area contributed by atoms with Gasteiger partial charge in [-0.3, -0.25) is 9.59 Å². The van der Waals surface area contributed by atoms with Gasteiger partial charge in [0.2, 0.25) is 5.91 Å². The fourth-order valence-corrected chi connectivity index (χ4v) is 4.95. The van der Waals surface area contributed by atoms with Gasteiger partial charge < -0.3 is 15.0 Å². The van der Waals surface area contributed by atoms with Crippen LogP contribution in [0, 0.1) is 13.8 Å². The average Bonchev–Trinajstić information content (AvgIpc) is 2.83. The Labute approximate surface area is 223 Å². The first-order valence-electron chi connectivity index (χ1n) is 12.1. The molecular formula is C27H33Cl3N2O3. The summed E-state index contributed by atoms with van der Waals surface area (Å²) >= 11 is 18.5. The first-order valence-corrected chi connectivity index (χ1v) is 13.3. The fraction of sp³-hybridized carbons (Fsp3) is 0.481. The molecule has 8 heteroatoms. The number of hydrogen-bond acceptors (Lipinski definition) is 3. The summed E-state index contributed by atoms with van der Waals surface area (Å²) in [5.74, 6) is 0.143. The molecule has 0 spiro atoms. The van der Waals surface area contributed by atoms with E-state index < -0.39 is 6.04 Å². The summed E-state index contributed by atoms with van der Waals surface area (Å²) in [5, 5.41) is 4.69. The van der Waals surface area contributed by atoms with Crippen molar-refractivity contribution in [2.75, 3.05) is 6.61 Å². The monoisotopic (exact) mass is 538 g/mol. The number of nitrogens with one attached hydrogen (secondary N) is 1. The number of rotatable bonds is 9. The molecule has 1 atom stereocenters. The van der Waals surface area contributed by atoms with Crippen molar-refractivity contribution in [3.05, 3.63) is 62.1 Å². The van der Waals surface area contributed by atoms with Crippen LogP contribution in [-0.4, -0.2) is 35.4 Å². The van der Waals surface area contributed by atoms with Gasteiger partial charge in [0.1, 0.15) is 11.8 Å². The fourth-order valence-electron chi connectivity index (χ4n) is 4.52. The van der Waals surface area contributed by atoms with Crippen LogP contribution in [0.15, 0.2) is 30.3 Å². The van der Waals surface area contributed by atoms with Crippen LogP contribution >= 0.6 is 34.8 Å². The van der Waals surface area contributed by atoms with Crippen molar-refractivity contribution in [2.45, 2.75) is 77.9 Å². The Kier molecular flexibility index (Phi) is 10.1. The second-order valence-corrected chi connectivity index (χ2v) is 10.4. The summed E-state index contributed by atoms with van der Waals surface area (Å²) in [5.41, 5.74) is 2.54. The van der Waals surface area contributed by atoms with Crippen molar-refractivity contribution in [3.8, 4) is 5.75 Å². The van der Waals surface area contributed by atoms with E-state index >= 15 is 0 Å². The number of benzene rings is 2. The van der Waals surface area contributed by atoms with Crippen molar-refractivity contribution < 1.29 is 14.3 Å². The summed E-state index contributed by atoms with van der Waals surface area (Å²) in [7, 11) is 0. The molecule has 3 rings (SSSR count). The van der Waals surface area contributed by atoms with Crippen LogP contribution in [0.5, 0.6) is 5.75 Å². The minimum Gasteiger partial charge on any atom is -0.484 e. The van der Waals surface area contributed by atoms with E-state index in [0.717, 1.165) is 42.4 Å². The molecule has 0 saturated heterocycles. The normalized spacial score (nSPS) is 14.9. The summed E-state index contributed by atoms with van der Waals surface area (Å²) in [6.07, 6.45) is 5.85. The van der Waals surface area contributed by atoms with Crippen LogP contribution in [-0.2, 0) is 16.1 Å². The first kappa shape index (κ1) is 27.6. The predicted octanol–water partition coefficient (Wildman–Crippen LogP) is 6.90. The number of aryl methyl sites for hydroxylation is 2. The molecule has 0 radical (unpaired) electrons. The van der Waals surface area contributed by atoms with Gasteiger partial charge in [0.15, 0.2) is 6.61 Å². The maximum atomic E-state index is 13.4. The number of carbonyl (C=O) groups excluding carboxylic acids is 2. The molecule has 1 fully saturated rings. The Balaban J connectivity index is 1.80. The molecule has 0 heterocycles. The van der Waals surface area contributed by atoms with Crippen LogP contribution in [0.3, 0.4) is 0 Å². The van der Waals surface area contributed by atoms with Crippen LogP contribution in [0.2, 0.25) is 15.1 Å². The Hall–Kier alpha value is -1.95. The van der Waals surface area contributed by atoms with Crippen molar-refractivity contribution in [1.82, 2.24) is 10.2 Å². The molecule has 190 valence electrons. The van der Waals surface area contributed by atoms with Crippen LogP contribution < -0.4 is 10.1 Å². The molecule has 35 heavy (non-hydrogen) atoms. The molecule has 0 bridgehead atoms. The van der Waals surface area contributed by atoms with Gasteiger partial charge in [-0.2, -0.15) is 0 Å². The van der Waals surface area contributed by atoms with E-state index in [1.165, 1.54) is 6.42 Å². The molecule has 2 aromatic carbocycles. The Morgan fingerprint density at radius 1 is 1.03 bits per heavy atom. The highest BCUT2D eigenvalue weighted by Crippen LogP contribution is 2.27. The lowest BCUT2D eigenvalue weighted by molar-refractivity contribution is -0.143. The van der Waals surface area contributed by atoms with E-state index in [9.17, 15) is 9.59 Å². The van der Waals surface area contributed by atoms with Gasteiger partial charge >= 0.3 is 0 Å². The van der Waals surface area contributed by atoms with Gasteiger partial charge in [-0.1, -0.05) is 67.1 Å². The number of halogens is 3. The summed E-state index contributed by atoms with van der Waals surface area (Å²) in [4.78, 5) is 28.3. The summed E-state index contributed by atoms with van der Waals surface area (Å²) in [6.45, 7) is 5.71. The maximum absolute atomic E-state index is 13.4. The van der Waals surface area contributed by atoms with Crippen molar-refractivity contribution in [3.63, 3.8) is 0 Å². The smallest absolute Gasteiger partial charge is 0.261 e. The average molecular weight is 540 g/mol. The number of amides is 2. The minimum absolute atomic E-state index is 0.133. The highest BCUT2D eigenvalue weighted by atomic mass is 35.5. The zero-order chi connectivity index (χ0) is 25.5. The molecule has 1 saturated carbocycles. The molecule has 1 N–H and O–H groups in total. The molecular weight excluding hydrogens is 507 g/mol. The van der Waals surface area contributed by atoms with Crippen molar-refractivity contribution >= 4 is 46.6 Å². The molecule has 5 nitrogen and oxygen atoms in total. The molecule has 2 amide bonds. The summed E-state index contributed by atoms with van der Waals surface area (Å²) in [6, 6.07) is 8.37. The van der Waals surface area contributed by atoms with Gasteiger partial charge in [0.25, 0.3) is 5.91 Å². The third kappa shape index (κ3) is 7.52. The van der Waals surface area contributed by atoms with E-state index in [0.29, 0.717) is 27.2 Å². The lowest BCUT2D eigenvalue weighted by atomic mass is 9.95. The van der Waals surface area contributed by atoms with Gasteiger partial charge in [-0.05, 0) is 74.1 Å². The number of carbonyl (C=O) groups is 2. The van der Waals surface area contributed by atoms with E-state index in [2.05, 4.69) is 5.32 Å². The molecule has 0 unspecified atom stereocenters. The largest absolute Gasteiger partial charge is 0.484 e. The molecule has 0 aliphatic heterocycles. The second-order valence-electron chi connectivity index (χ2n) is 9.20. The van der Waals surface area contributed by atoms with Crippen LogP contribution in [0.1, 0.15) is 62.1 Å². The first-order chi connectivity index (χ1) is 16.7. The Morgan fingerprint density at radius 2 is 1.69 bits per heavy atom. The quantitative estimate of drug-likeness (QED) is 0.377. The highest BCUT2D eigenvalue weighted by Gasteiger charge is 2.30. The third-order valence-electron chi connectivity index (χ3n) is 6.45. The second kappa shape index (κ2) is 12.8. The number of ether oxygens (including phenoxy) is 1. The standard InChI is InChI=1S/C27H33Cl3N2O3/c1-4-24(27(34)31-20-8-6-5-7-9-20)32(15-19-10-11-22(28)23(29)14-19)25(33)16-35-21-12-17(2)26(30)18(3)13-21/h10-14,20,24H,4-9,15-16H2,1-3H3,(H,31,34)/t24-/m0/s1. The SMILES string of the molecule is CC[C@@H](C(=O)NC1CCCCC1)N(Cc1ccc(Cl)c(Cl)c1)C(=O)COc1cc(C)c(Cl)c(C)c1. The summed E-state index contributed by atoms with van der Waals surface area (Å²) < 4.78 is 5.84. The lowest BCUT2D eigenvalue weighted by Crippen LogP contribution is -2.52. The van der Waals surface area contributed by atoms with E-state index in [1.54, 1.807) is 29.2 Å². The van der Waals surface area contributed by atoms with Crippen LogP contribution in [0.25, 0.3) is 0 Å². The van der Waals surface area contributed by atoms with E-state index in [-0.39, 0.29) is 31.0 Å². The van der Waals surface area contributed by atoms with Gasteiger partial charge in [-0.25, -0.2) is 0 Å². The number of nitrogens with zero attached hydrogens (tertiary/aromatic N) is 1. The van der Waals surface area contributed by atoms with Crippen LogP contribution in [0.4, 0.5) is 0 Å². The topological polar surface area (TPSA) is 58.6 Å². The van der Waals surface area contributed by atoms with E-state index in [1.807, 2.05) is 26.8 Å².